The first-order valence-electron chi connectivity index (χ1n) is 4.04. The maximum atomic E-state index is 13.1. The van der Waals surface area contributed by atoms with Crippen molar-refractivity contribution >= 4 is 11.6 Å². The molecular weight excluding hydrogens is 233 g/mol. The van der Waals surface area contributed by atoms with Crippen molar-refractivity contribution in [3.63, 3.8) is 0 Å². The molecule has 0 heterocycles. The monoisotopic (exact) mass is 240 g/mol. The molecule has 2 N–H and O–H groups in total. The van der Waals surface area contributed by atoms with E-state index in [0.29, 0.717) is 12.1 Å². The number of aliphatic hydroxyl groups is 2. The van der Waals surface area contributed by atoms with Crippen molar-refractivity contribution in [2.45, 2.75) is 12.2 Å². The summed E-state index contributed by atoms with van der Waals surface area (Å²) in [7, 11) is 0. The molecule has 2 unspecified atom stereocenters. The summed E-state index contributed by atoms with van der Waals surface area (Å²) in [5.41, 5.74) is -0.787. The van der Waals surface area contributed by atoms with Crippen LogP contribution in [0.5, 0.6) is 0 Å². The molecule has 0 aromatic heterocycles. The summed E-state index contributed by atoms with van der Waals surface area (Å²) in [5, 5.41) is 18.4. The van der Waals surface area contributed by atoms with E-state index < -0.39 is 41.1 Å². The number of aliphatic hydroxyl groups excluding tert-OH is 2. The van der Waals surface area contributed by atoms with Crippen LogP contribution in [0.15, 0.2) is 12.1 Å². The summed E-state index contributed by atoms with van der Waals surface area (Å²) in [6, 6.07) is 0.838. The molecule has 84 valence electrons. The third-order valence-corrected chi connectivity index (χ3v) is 2.18. The van der Waals surface area contributed by atoms with E-state index in [4.69, 9.17) is 16.7 Å². The lowest BCUT2D eigenvalue weighted by Crippen LogP contribution is -2.22. The molecule has 1 rings (SSSR count). The summed E-state index contributed by atoms with van der Waals surface area (Å²) in [4.78, 5) is 0. The SMILES string of the molecule is OC(CCl)C(O)c1c(F)cc(F)cc1F. The van der Waals surface area contributed by atoms with Crippen molar-refractivity contribution in [2.24, 2.45) is 0 Å². The molecule has 0 aliphatic carbocycles. The second kappa shape index (κ2) is 4.83. The predicted octanol–water partition coefficient (Wildman–Crippen LogP) is 1.74. The summed E-state index contributed by atoms with van der Waals surface area (Å²) < 4.78 is 38.6. The molecule has 0 saturated heterocycles. The van der Waals surface area contributed by atoms with Crippen molar-refractivity contribution in [2.75, 3.05) is 5.88 Å². The summed E-state index contributed by atoms with van der Waals surface area (Å²) in [5.74, 6) is -4.01. The number of rotatable bonds is 3. The van der Waals surface area contributed by atoms with E-state index in [9.17, 15) is 18.3 Å². The van der Waals surface area contributed by atoms with E-state index in [1.165, 1.54) is 0 Å². The van der Waals surface area contributed by atoms with Crippen molar-refractivity contribution < 1.29 is 23.4 Å². The second-order valence-electron chi connectivity index (χ2n) is 2.95. The number of benzene rings is 1. The van der Waals surface area contributed by atoms with Crippen molar-refractivity contribution in [1.29, 1.82) is 0 Å². The van der Waals surface area contributed by atoms with Crippen LogP contribution in [0.4, 0.5) is 13.2 Å². The third-order valence-electron chi connectivity index (χ3n) is 1.86. The van der Waals surface area contributed by atoms with Gasteiger partial charge in [-0.05, 0) is 0 Å². The Hall–Kier alpha value is -0.780. The van der Waals surface area contributed by atoms with Gasteiger partial charge in [-0.25, -0.2) is 13.2 Å². The molecule has 0 saturated carbocycles. The number of halogens is 4. The van der Waals surface area contributed by atoms with Crippen LogP contribution in [0.1, 0.15) is 11.7 Å². The molecule has 1 aromatic rings. The van der Waals surface area contributed by atoms with Crippen LogP contribution >= 0.6 is 11.6 Å². The van der Waals surface area contributed by atoms with E-state index >= 15 is 0 Å². The highest BCUT2D eigenvalue weighted by molar-refractivity contribution is 6.18. The fraction of sp³-hybridized carbons (Fsp3) is 0.333. The molecule has 2 nitrogen and oxygen atoms in total. The molecule has 6 heteroatoms. The third kappa shape index (κ3) is 2.62. The number of hydrogen-bond acceptors (Lipinski definition) is 2. The van der Waals surface area contributed by atoms with E-state index in [-0.39, 0.29) is 0 Å². The topological polar surface area (TPSA) is 40.5 Å². The fourth-order valence-electron chi connectivity index (χ4n) is 1.11. The second-order valence-corrected chi connectivity index (χ2v) is 3.26. The highest BCUT2D eigenvalue weighted by Gasteiger charge is 2.25. The smallest absolute Gasteiger partial charge is 0.134 e. The minimum Gasteiger partial charge on any atom is -0.389 e. The van der Waals surface area contributed by atoms with Gasteiger partial charge in [0.15, 0.2) is 0 Å². The van der Waals surface area contributed by atoms with Crippen molar-refractivity contribution in [3.05, 3.63) is 35.1 Å². The van der Waals surface area contributed by atoms with Gasteiger partial charge in [0.25, 0.3) is 0 Å². The average Bonchev–Trinajstić information content (AvgIpc) is 2.14. The Bertz CT molecular complexity index is 336. The first-order valence-corrected chi connectivity index (χ1v) is 4.57. The van der Waals surface area contributed by atoms with Crippen LogP contribution in [0.25, 0.3) is 0 Å². The Morgan fingerprint density at radius 2 is 1.60 bits per heavy atom. The molecule has 15 heavy (non-hydrogen) atoms. The van der Waals surface area contributed by atoms with Crippen LogP contribution in [0.3, 0.4) is 0 Å². The van der Waals surface area contributed by atoms with Gasteiger partial charge in [-0.3, -0.25) is 0 Å². The molecule has 0 bridgehead atoms. The van der Waals surface area contributed by atoms with Crippen LogP contribution < -0.4 is 0 Å². The normalized spacial score (nSPS) is 15.1. The summed E-state index contributed by atoms with van der Waals surface area (Å²) in [6.07, 6.45) is -3.33. The maximum Gasteiger partial charge on any atom is 0.134 e. The highest BCUT2D eigenvalue weighted by atomic mass is 35.5. The van der Waals surface area contributed by atoms with Crippen LogP contribution in [0, 0.1) is 17.5 Å². The van der Waals surface area contributed by atoms with E-state index in [0.717, 1.165) is 0 Å². The zero-order valence-electron chi connectivity index (χ0n) is 7.42. The quantitative estimate of drug-likeness (QED) is 0.790. The van der Waals surface area contributed by atoms with Gasteiger partial charge in [-0.1, -0.05) is 0 Å². The molecular formula is C9H8ClF3O2. The maximum absolute atomic E-state index is 13.1. The molecule has 0 radical (unpaired) electrons. The van der Waals surface area contributed by atoms with Crippen LogP contribution in [-0.4, -0.2) is 22.2 Å². The highest BCUT2D eigenvalue weighted by Crippen LogP contribution is 2.24. The van der Waals surface area contributed by atoms with Gasteiger partial charge in [0.1, 0.15) is 23.6 Å². The summed E-state index contributed by atoms with van der Waals surface area (Å²) >= 11 is 5.20. The molecule has 0 amide bonds. The molecule has 2 atom stereocenters. The Labute approximate surface area is 88.9 Å². The molecule has 0 aliphatic heterocycles. The van der Waals surface area contributed by atoms with Gasteiger partial charge >= 0.3 is 0 Å². The lowest BCUT2D eigenvalue weighted by molar-refractivity contribution is 0.0279. The Morgan fingerprint density at radius 3 is 2.00 bits per heavy atom. The number of hydrogen-bond donors (Lipinski definition) is 2. The minimum atomic E-state index is -1.82. The zero-order valence-corrected chi connectivity index (χ0v) is 8.18. The number of alkyl halides is 1. The van der Waals surface area contributed by atoms with E-state index in [1.807, 2.05) is 0 Å². The van der Waals surface area contributed by atoms with Crippen LogP contribution in [0.2, 0.25) is 0 Å². The van der Waals surface area contributed by atoms with Gasteiger partial charge in [0.2, 0.25) is 0 Å². The average molecular weight is 241 g/mol. The van der Waals surface area contributed by atoms with Crippen molar-refractivity contribution in [3.8, 4) is 0 Å². The van der Waals surface area contributed by atoms with Gasteiger partial charge in [0, 0.05) is 12.1 Å². The zero-order chi connectivity index (χ0) is 11.6. The van der Waals surface area contributed by atoms with Gasteiger partial charge < -0.3 is 10.2 Å². The summed E-state index contributed by atoms with van der Waals surface area (Å²) in [6.45, 7) is 0. The van der Waals surface area contributed by atoms with E-state index in [1.54, 1.807) is 0 Å². The Kier molecular flexibility index (Phi) is 3.96. The Balaban J connectivity index is 3.13. The first kappa shape index (κ1) is 12.3. The molecule has 0 spiro atoms. The van der Waals surface area contributed by atoms with Gasteiger partial charge in [-0.15, -0.1) is 11.6 Å². The van der Waals surface area contributed by atoms with Crippen molar-refractivity contribution in [1.82, 2.24) is 0 Å². The van der Waals surface area contributed by atoms with Gasteiger partial charge in [-0.2, -0.15) is 0 Å². The predicted molar refractivity (Wildman–Crippen MR) is 48.0 cm³/mol. The molecule has 0 aliphatic rings. The largest absolute Gasteiger partial charge is 0.389 e. The lowest BCUT2D eigenvalue weighted by Gasteiger charge is -2.16. The minimum absolute atomic E-state index is 0.391. The standard InChI is InChI=1S/C9H8ClF3O2/c10-3-7(14)9(15)8-5(12)1-4(11)2-6(8)13/h1-2,7,9,14-15H,3H2. The van der Waals surface area contributed by atoms with Crippen LogP contribution in [-0.2, 0) is 0 Å². The van der Waals surface area contributed by atoms with E-state index in [2.05, 4.69) is 0 Å². The molecule has 1 aromatic carbocycles. The Morgan fingerprint density at radius 1 is 1.13 bits per heavy atom. The molecule has 0 fully saturated rings. The first-order chi connectivity index (χ1) is 6.97. The fourth-order valence-corrected chi connectivity index (χ4v) is 1.28. The lowest BCUT2D eigenvalue weighted by atomic mass is 10.0. The van der Waals surface area contributed by atoms with Gasteiger partial charge in [0.05, 0.1) is 17.5 Å².